The highest BCUT2D eigenvalue weighted by Gasteiger charge is 2.30. The molecule has 0 unspecified atom stereocenters. The van der Waals surface area contributed by atoms with Crippen molar-refractivity contribution in [3.8, 4) is 5.75 Å². The summed E-state index contributed by atoms with van der Waals surface area (Å²) in [7, 11) is 1.53. The van der Waals surface area contributed by atoms with Crippen molar-refractivity contribution >= 4 is 34.0 Å². The molecular weight excluding hydrogens is 431 g/mol. The predicted molar refractivity (Wildman–Crippen MR) is 122 cm³/mol. The zero-order chi connectivity index (χ0) is 23.6. The number of ether oxygens (including phenoxy) is 1. The van der Waals surface area contributed by atoms with E-state index in [1.807, 2.05) is 13.0 Å². The van der Waals surface area contributed by atoms with Crippen LogP contribution in [-0.4, -0.2) is 18.0 Å². The van der Waals surface area contributed by atoms with Crippen LogP contribution >= 0.6 is 0 Å². The fourth-order valence-electron chi connectivity index (χ4n) is 3.42. The van der Waals surface area contributed by atoms with E-state index < -0.39 is 11.7 Å². The number of aromatic nitrogens is 1. The van der Waals surface area contributed by atoms with Crippen molar-refractivity contribution in [1.29, 1.82) is 0 Å². The Labute approximate surface area is 188 Å². The maximum absolute atomic E-state index is 13.0. The summed E-state index contributed by atoms with van der Waals surface area (Å²) in [6.07, 6.45) is -4.42. The van der Waals surface area contributed by atoms with Crippen LogP contribution in [0.15, 0.2) is 72.8 Å². The van der Waals surface area contributed by atoms with Gasteiger partial charge in [0.05, 0.1) is 18.2 Å². The number of rotatable bonds is 5. The average Bonchev–Trinajstić information content (AvgIpc) is 2.79. The summed E-state index contributed by atoms with van der Waals surface area (Å²) < 4.78 is 44.1. The largest absolute Gasteiger partial charge is 0.497 e. The minimum absolute atomic E-state index is 0.276. The van der Waals surface area contributed by atoms with Gasteiger partial charge in [-0.2, -0.15) is 13.2 Å². The number of alkyl halides is 3. The summed E-state index contributed by atoms with van der Waals surface area (Å²) in [6, 6.07) is 18.8. The van der Waals surface area contributed by atoms with Crippen LogP contribution in [0.2, 0.25) is 0 Å². The van der Waals surface area contributed by atoms with Crippen LogP contribution in [0.1, 0.15) is 21.5 Å². The van der Waals surface area contributed by atoms with Gasteiger partial charge in [-0.3, -0.25) is 4.79 Å². The lowest BCUT2D eigenvalue weighted by atomic mass is 10.1. The molecule has 4 rings (SSSR count). The number of methoxy groups -OCH3 is 1. The highest BCUT2D eigenvalue weighted by Crippen LogP contribution is 2.32. The van der Waals surface area contributed by atoms with E-state index in [0.29, 0.717) is 34.0 Å². The molecule has 1 aromatic heterocycles. The van der Waals surface area contributed by atoms with Crippen molar-refractivity contribution < 1.29 is 22.7 Å². The van der Waals surface area contributed by atoms with E-state index in [1.54, 1.807) is 48.5 Å². The minimum Gasteiger partial charge on any atom is -0.497 e. The van der Waals surface area contributed by atoms with Crippen molar-refractivity contribution in [2.24, 2.45) is 0 Å². The van der Waals surface area contributed by atoms with E-state index in [2.05, 4.69) is 15.6 Å². The average molecular weight is 451 g/mol. The molecule has 4 aromatic rings. The summed E-state index contributed by atoms with van der Waals surface area (Å²) in [5.74, 6) is 0.733. The lowest BCUT2D eigenvalue weighted by Gasteiger charge is -2.13. The number of hydrogen-bond donors (Lipinski definition) is 2. The third-order valence-electron chi connectivity index (χ3n) is 5.07. The minimum atomic E-state index is -4.42. The van der Waals surface area contributed by atoms with Crippen LogP contribution in [0.3, 0.4) is 0 Å². The number of anilines is 3. The number of carbonyl (C=O) groups excluding carboxylic acids is 1. The smallest absolute Gasteiger partial charge is 0.416 e. The molecule has 2 N–H and O–H groups in total. The van der Waals surface area contributed by atoms with E-state index in [4.69, 9.17) is 4.74 Å². The molecule has 8 heteroatoms. The van der Waals surface area contributed by atoms with Crippen molar-refractivity contribution in [2.75, 3.05) is 17.7 Å². The van der Waals surface area contributed by atoms with Gasteiger partial charge in [-0.1, -0.05) is 12.1 Å². The van der Waals surface area contributed by atoms with Crippen molar-refractivity contribution in [1.82, 2.24) is 4.98 Å². The first-order chi connectivity index (χ1) is 15.7. The van der Waals surface area contributed by atoms with E-state index in [-0.39, 0.29) is 5.91 Å². The van der Waals surface area contributed by atoms with Gasteiger partial charge in [0.25, 0.3) is 5.91 Å². The fourth-order valence-corrected chi connectivity index (χ4v) is 3.42. The summed E-state index contributed by atoms with van der Waals surface area (Å²) in [5, 5.41) is 6.61. The number of pyridine rings is 1. The second kappa shape index (κ2) is 8.82. The number of benzene rings is 3. The number of nitrogens with one attached hydrogen (secondary N) is 2. The van der Waals surface area contributed by atoms with Gasteiger partial charge in [0.15, 0.2) is 0 Å². The number of carbonyl (C=O) groups is 1. The van der Waals surface area contributed by atoms with Crippen molar-refractivity contribution in [3.05, 3.63) is 89.5 Å². The Bertz CT molecular complexity index is 1340. The molecule has 1 heterocycles. The molecule has 168 valence electrons. The lowest BCUT2D eigenvalue weighted by Crippen LogP contribution is -2.12. The first-order valence-corrected chi connectivity index (χ1v) is 10.0. The second-order valence-electron chi connectivity index (χ2n) is 7.45. The van der Waals surface area contributed by atoms with Gasteiger partial charge in [0, 0.05) is 22.3 Å². The highest BCUT2D eigenvalue weighted by atomic mass is 19.4. The number of nitrogens with zero attached hydrogens (tertiary/aromatic N) is 1. The highest BCUT2D eigenvalue weighted by molar-refractivity contribution is 6.05. The van der Waals surface area contributed by atoms with Crippen molar-refractivity contribution in [3.63, 3.8) is 0 Å². The first-order valence-electron chi connectivity index (χ1n) is 10.0. The molecule has 1 amide bonds. The Morgan fingerprint density at radius 1 is 0.939 bits per heavy atom. The molecule has 0 aliphatic carbocycles. The van der Waals surface area contributed by atoms with E-state index in [0.717, 1.165) is 23.1 Å². The van der Waals surface area contributed by atoms with Gasteiger partial charge in [0.1, 0.15) is 11.6 Å². The third-order valence-corrected chi connectivity index (χ3v) is 5.07. The molecule has 0 saturated carbocycles. The molecule has 33 heavy (non-hydrogen) atoms. The standard InChI is InChI=1S/C25H20F3N3O2/c1-15-11-23(29-18-7-4-6-17(13-18)25(26,27)28)31-22-10-9-19(14-21(15)22)30-24(32)16-5-3-8-20(12-16)33-2/h3-14H,1-2H3,(H,29,31)(H,30,32). The van der Waals surface area contributed by atoms with Crippen molar-refractivity contribution in [2.45, 2.75) is 13.1 Å². The Hall–Kier alpha value is -4.07. The Morgan fingerprint density at radius 2 is 1.73 bits per heavy atom. The predicted octanol–water partition coefficient (Wildman–Crippen LogP) is 6.57. The fraction of sp³-hybridized carbons (Fsp3) is 0.120. The normalized spacial score (nSPS) is 11.3. The quantitative estimate of drug-likeness (QED) is 0.360. The summed E-state index contributed by atoms with van der Waals surface area (Å²) in [4.78, 5) is 17.1. The second-order valence-corrected chi connectivity index (χ2v) is 7.45. The topological polar surface area (TPSA) is 63.2 Å². The third kappa shape index (κ3) is 5.06. The molecular formula is C25H20F3N3O2. The molecule has 0 bridgehead atoms. The van der Waals surface area contributed by atoms with E-state index >= 15 is 0 Å². The Balaban J connectivity index is 1.57. The number of hydrogen-bond acceptors (Lipinski definition) is 4. The molecule has 0 spiro atoms. The number of halogens is 3. The molecule has 0 fully saturated rings. The molecule has 0 aliphatic heterocycles. The van der Waals surface area contributed by atoms with Gasteiger partial charge in [-0.25, -0.2) is 4.98 Å². The van der Waals surface area contributed by atoms with Crippen LogP contribution in [0.5, 0.6) is 5.75 Å². The van der Waals surface area contributed by atoms with Crippen LogP contribution in [0.25, 0.3) is 10.9 Å². The van der Waals surface area contributed by atoms with Crippen LogP contribution < -0.4 is 15.4 Å². The maximum Gasteiger partial charge on any atom is 0.416 e. The lowest BCUT2D eigenvalue weighted by molar-refractivity contribution is -0.137. The molecule has 0 radical (unpaired) electrons. The van der Waals surface area contributed by atoms with Crippen LogP contribution in [0, 0.1) is 6.92 Å². The number of fused-ring (bicyclic) bond motifs is 1. The van der Waals surface area contributed by atoms with Gasteiger partial charge < -0.3 is 15.4 Å². The van der Waals surface area contributed by atoms with Gasteiger partial charge in [-0.05, 0) is 73.2 Å². The first kappa shape index (κ1) is 22.1. The zero-order valence-electron chi connectivity index (χ0n) is 17.8. The van der Waals surface area contributed by atoms with E-state index in [1.165, 1.54) is 13.2 Å². The van der Waals surface area contributed by atoms with Gasteiger partial charge in [0.2, 0.25) is 0 Å². The molecule has 5 nitrogen and oxygen atoms in total. The van der Waals surface area contributed by atoms with Gasteiger partial charge in [-0.15, -0.1) is 0 Å². The van der Waals surface area contributed by atoms with Gasteiger partial charge >= 0.3 is 6.18 Å². The summed E-state index contributed by atoms with van der Waals surface area (Å²) in [6.45, 7) is 1.87. The van der Waals surface area contributed by atoms with Crippen LogP contribution in [0.4, 0.5) is 30.4 Å². The molecule has 0 aliphatic rings. The monoisotopic (exact) mass is 451 g/mol. The Morgan fingerprint density at radius 3 is 2.48 bits per heavy atom. The molecule has 3 aromatic carbocycles. The van der Waals surface area contributed by atoms with Crippen LogP contribution in [-0.2, 0) is 6.18 Å². The number of aryl methyl sites for hydroxylation is 1. The number of amides is 1. The summed E-state index contributed by atoms with van der Waals surface area (Å²) in [5.41, 5.74) is 2.11. The summed E-state index contributed by atoms with van der Waals surface area (Å²) >= 11 is 0. The maximum atomic E-state index is 13.0. The van der Waals surface area contributed by atoms with E-state index in [9.17, 15) is 18.0 Å². The SMILES string of the molecule is COc1cccc(C(=O)Nc2ccc3nc(Nc4cccc(C(F)(F)F)c4)cc(C)c3c2)c1. The zero-order valence-corrected chi connectivity index (χ0v) is 17.8. The Kier molecular flexibility index (Phi) is 5.91. The molecule has 0 atom stereocenters. The molecule has 0 saturated heterocycles.